The van der Waals surface area contributed by atoms with Crippen LogP contribution in [-0.2, 0) is 4.79 Å². The molecule has 5 nitrogen and oxygen atoms in total. The quantitative estimate of drug-likeness (QED) is 0.860. The van der Waals surface area contributed by atoms with Gasteiger partial charge in [0.15, 0.2) is 0 Å². The summed E-state index contributed by atoms with van der Waals surface area (Å²) in [4.78, 5) is 23.3. The molecule has 0 spiro atoms. The number of carbonyl (C=O) groups excluding carboxylic acids is 1. The molecule has 0 saturated carbocycles. The lowest BCUT2D eigenvalue weighted by atomic mass is 10.1. The van der Waals surface area contributed by atoms with Crippen LogP contribution < -0.4 is 10.2 Å². The van der Waals surface area contributed by atoms with Crippen LogP contribution in [0.25, 0.3) is 0 Å². The number of benzene rings is 1. The Labute approximate surface area is 115 Å². The lowest BCUT2D eigenvalue weighted by molar-refractivity contribution is -0.123. The van der Waals surface area contributed by atoms with Gasteiger partial charge in [-0.1, -0.05) is 6.92 Å². The number of nitrogens with one attached hydrogen (secondary N) is 1. The predicted octanol–water partition coefficient (Wildman–Crippen LogP) is 1.48. The number of nitrogens with zero attached hydrogens (tertiary/aromatic N) is 1. The van der Waals surface area contributed by atoms with Crippen LogP contribution in [0.4, 0.5) is 14.5 Å². The molecule has 20 heavy (non-hydrogen) atoms. The Bertz CT molecular complexity index is 511. The maximum Gasteiger partial charge on any atom is 0.335 e. The number of anilines is 1. The number of aromatic carboxylic acids is 1. The number of carboxylic acids is 1. The fraction of sp³-hybridized carbons (Fsp3) is 0.385. The first-order chi connectivity index (χ1) is 9.27. The largest absolute Gasteiger partial charge is 0.478 e. The molecule has 1 atom stereocenters. The predicted molar refractivity (Wildman–Crippen MR) is 69.8 cm³/mol. The van der Waals surface area contributed by atoms with Crippen molar-refractivity contribution in [3.63, 3.8) is 0 Å². The molecule has 0 aromatic heterocycles. The van der Waals surface area contributed by atoms with Gasteiger partial charge in [-0.2, -0.15) is 0 Å². The summed E-state index contributed by atoms with van der Waals surface area (Å²) >= 11 is 0. The van der Waals surface area contributed by atoms with Crippen molar-refractivity contribution in [2.45, 2.75) is 6.92 Å². The van der Waals surface area contributed by atoms with Crippen LogP contribution in [0.2, 0.25) is 0 Å². The topological polar surface area (TPSA) is 69.6 Å². The summed E-state index contributed by atoms with van der Waals surface area (Å²) in [5.41, 5.74) is -0.817. The summed E-state index contributed by atoms with van der Waals surface area (Å²) in [5, 5.41) is 11.2. The van der Waals surface area contributed by atoms with Gasteiger partial charge in [-0.3, -0.25) is 4.79 Å². The van der Waals surface area contributed by atoms with Crippen molar-refractivity contribution in [2.24, 2.45) is 5.92 Å². The molecule has 1 amide bonds. The molecule has 110 valence electrons. The van der Waals surface area contributed by atoms with Gasteiger partial charge in [0.25, 0.3) is 0 Å². The molecule has 0 aliphatic heterocycles. The zero-order valence-corrected chi connectivity index (χ0v) is 11.4. The molecule has 1 aromatic carbocycles. The van der Waals surface area contributed by atoms with E-state index in [1.165, 1.54) is 19.0 Å². The fourth-order valence-electron chi connectivity index (χ4n) is 1.89. The number of rotatable bonds is 5. The molecule has 0 fully saturated rings. The average molecular weight is 286 g/mol. The van der Waals surface area contributed by atoms with Gasteiger partial charge in [-0.15, -0.1) is 0 Å². The molecule has 1 aromatic rings. The molecule has 0 radical (unpaired) electrons. The lowest BCUT2D eigenvalue weighted by Crippen LogP contribution is -2.35. The minimum atomic E-state index is -1.41. The third kappa shape index (κ3) is 3.43. The minimum Gasteiger partial charge on any atom is -0.478 e. The van der Waals surface area contributed by atoms with Crippen molar-refractivity contribution in [2.75, 3.05) is 25.5 Å². The first kappa shape index (κ1) is 15.9. The number of carboxylic acid groups (broad SMARTS) is 1. The summed E-state index contributed by atoms with van der Waals surface area (Å²) in [5.74, 6) is -4.08. The summed E-state index contributed by atoms with van der Waals surface area (Å²) in [6.07, 6.45) is 0. The first-order valence-electron chi connectivity index (χ1n) is 5.93. The summed E-state index contributed by atoms with van der Waals surface area (Å²) in [6, 6.07) is 1.50. The third-order valence-corrected chi connectivity index (χ3v) is 2.89. The Hall–Kier alpha value is -2.18. The Morgan fingerprint density at radius 1 is 1.35 bits per heavy atom. The number of halogens is 2. The van der Waals surface area contributed by atoms with E-state index in [2.05, 4.69) is 5.32 Å². The van der Waals surface area contributed by atoms with Crippen LogP contribution in [0, 0.1) is 17.6 Å². The fourth-order valence-corrected chi connectivity index (χ4v) is 1.89. The molecule has 7 heteroatoms. The normalized spacial score (nSPS) is 11.8. The van der Waals surface area contributed by atoms with E-state index in [-0.39, 0.29) is 18.1 Å². The van der Waals surface area contributed by atoms with Crippen molar-refractivity contribution in [3.8, 4) is 0 Å². The molecule has 0 saturated heterocycles. The molecule has 0 aliphatic rings. The monoisotopic (exact) mass is 286 g/mol. The highest BCUT2D eigenvalue weighted by molar-refractivity contribution is 5.88. The third-order valence-electron chi connectivity index (χ3n) is 2.89. The van der Waals surface area contributed by atoms with Crippen molar-refractivity contribution in [3.05, 3.63) is 29.3 Å². The van der Waals surface area contributed by atoms with Crippen LogP contribution in [0.3, 0.4) is 0 Å². The van der Waals surface area contributed by atoms with E-state index >= 15 is 0 Å². The van der Waals surface area contributed by atoms with Gasteiger partial charge in [-0.05, 0) is 12.1 Å². The Morgan fingerprint density at radius 2 is 1.85 bits per heavy atom. The van der Waals surface area contributed by atoms with Gasteiger partial charge in [-0.25, -0.2) is 13.6 Å². The smallest absolute Gasteiger partial charge is 0.335 e. The molecular weight excluding hydrogens is 270 g/mol. The van der Waals surface area contributed by atoms with Crippen molar-refractivity contribution in [1.82, 2.24) is 5.32 Å². The molecule has 0 aliphatic carbocycles. The van der Waals surface area contributed by atoms with Crippen molar-refractivity contribution < 1.29 is 23.5 Å². The SMILES string of the molecule is CNC(=O)C(C)CN(C)c1c(F)cc(C(=O)O)cc1F. The zero-order chi connectivity index (χ0) is 15.4. The van der Waals surface area contributed by atoms with Crippen LogP contribution in [-0.4, -0.2) is 37.6 Å². The van der Waals surface area contributed by atoms with Gasteiger partial charge in [0.2, 0.25) is 5.91 Å². The summed E-state index contributed by atoms with van der Waals surface area (Å²) < 4.78 is 27.6. The van der Waals surface area contributed by atoms with E-state index in [0.29, 0.717) is 0 Å². The maximum atomic E-state index is 13.8. The molecule has 2 N–H and O–H groups in total. The summed E-state index contributed by atoms with van der Waals surface area (Å²) in [6.45, 7) is 1.72. The first-order valence-corrected chi connectivity index (χ1v) is 5.93. The van der Waals surface area contributed by atoms with Crippen LogP contribution >= 0.6 is 0 Å². The van der Waals surface area contributed by atoms with Crippen LogP contribution in [0.15, 0.2) is 12.1 Å². The molecule has 1 unspecified atom stereocenters. The number of hydrogen-bond acceptors (Lipinski definition) is 3. The van der Waals surface area contributed by atoms with E-state index in [1.54, 1.807) is 6.92 Å². The van der Waals surface area contributed by atoms with Crippen molar-refractivity contribution >= 4 is 17.6 Å². The molecular formula is C13H16F2N2O3. The summed E-state index contributed by atoms with van der Waals surface area (Å²) in [7, 11) is 2.91. The van der Waals surface area contributed by atoms with Crippen LogP contribution in [0.5, 0.6) is 0 Å². The Morgan fingerprint density at radius 3 is 2.25 bits per heavy atom. The molecule has 0 bridgehead atoms. The van der Waals surface area contributed by atoms with Gasteiger partial charge in [0.05, 0.1) is 11.5 Å². The second-order valence-electron chi connectivity index (χ2n) is 4.49. The second kappa shape index (κ2) is 6.31. The number of carbonyl (C=O) groups is 2. The second-order valence-corrected chi connectivity index (χ2v) is 4.49. The number of hydrogen-bond donors (Lipinski definition) is 2. The van der Waals surface area contributed by atoms with E-state index in [4.69, 9.17) is 5.11 Å². The van der Waals surface area contributed by atoms with E-state index < -0.39 is 29.1 Å². The van der Waals surface area contributed by atoms with E-state index in [0.717, 1.165) is 12.1 Å². The lowest BCUT2D eigenvalue weighted by Gasteiger charge is -2.23. The Kier molecular flexibility index (Phi) is 5.01. The zero-order valence-electron chi connectivity index (χ0n) is 11.4. The number of amides is 1. The minimum absolute atomic E-state index is 0.0972. The van der Waals surface area contributed by atoms with Gasteiger partial charge in [0, 0.05) is 20.6 Å². The highest BCUT2D eigenvalue weighted by Gasteiger charge is 2.21. The standard InChI is InChI=1S/C13H16F2N2O3/c1-7(12(18)16-2)6-17(3)11-9(14)4-8(13(19)20)5-10(11)15/h4-5,7H,6H2,1-3H3,(H,16,18)(H,19,20). The molecule has 0 heterocycles. The van der Waals surface area contributed by atoms with Gasteiger partial charge >= 0.3 is 5.97 Å². The highest BCUT2D eigenvalue weighted by atomic mass is 19.1. The van der Waals surface area contributed by atoms with Crippen LogP contribution in [0.1, 0.15) is 17.3 Å². The molecule has 1 rings (SSSR count). The Balaban J connectivity index is 3.02. The van der Waals surface area contributed by atoms with Gasteiger partial charge in [0.1, 0.15) is 17.3 Å². The van der Waals surface area contributed by atoms with Crippen molar-refractivity contribution in [1.29, 1.82) is 0 Å². The maximum absolute atomic E-state index is 13.8. The highest BCUT2D eigenvalue weighted by Crippen LogP contribution is 2.24. The van der Waals surface area contributed by atoms with E-state index in [1.807, 2.05) is 0 Å². The van der Waals surface area contributed by atoms with Gasteiger partial charge < -0.3 is 15.3 Å². The average Bonchev–Trinajstić information content (AvgIpc) is 2.36. The van der Waals surface area contributed by atoms with E-state index in [9.17, 15) is 18.4 Å².